The third-order valence-electron chi connectivity index (χ3n) is 5.06. The van der Waals surface area contributed by atoms with E-state index in [9.17, 15) is 13.2 Å². The molecule has 1 aromatic heterocycles. The predicted octanol–water partition coefficient (Wildman–Crippen LogP) is 2.37. The number of fused-ring (bicyclic) bond motifs is 2. The van der Waals surface area contributed by atoms with Crippen LogP contribution in [0, 0.1) is 0 Å². The number of ether oxygens (including phenoxy) is 2. The Balaban J connectivity index is 1.24. The molecule has 1 saturated carbocycles. The number of aromatic nitrogens is 1. The zero-order chi connectivity index (χ0) is 20.0. The average molecular weight is 434 g/mol. The second-order valence-electron chi connectivity index (χ2n) is 7.15. The number of carbonyl (C=O) groups excluding carboxylic acids is 1. The first-order valence-corrected chi connectivity index (χ1v) is 11.7. The molecule has 5 rings (SSSR count). The van der Waals surface area contributed by atoms with Gasteiger partial charge in [0.25, 0.3) is 0 Å². The maximum absolute atomic E-state index is 12.4. The monoisotopic (exact) mass is 433 g/mol. The normalized spacial score (nSPS) is 18.8. The summed E-state index contributed by atoms with van der Waals surface area (Å²) in [5, 5.41) is 3.04. The van der Waals surface area contributed by atoms with E-state index < -0.39 is 10.0 Å². The first-order chi connectivity index (χ1) is 14.0. The fourth-order valence-electron chi connectivity index (χ4n) is 3.36. The summed E-state index contributed by atoms with van der Waals surface area (Å²) in [6.07, 6.45) is 5.20. The number of thiazole rings is 1. The van der Waals surface area contributed by atoms with Crippen LogP contribution in [0.25, 0.3) is 6.08 Å². The summed E-state index contributed by atoms with van der Waals surface area (Å²) in [5.41, 5.74) is 1.69. The van der Waals surface area contributed by atoms with Gasteiger partial charge in [0.1, 0.15) is 0 Å². The van der Waals surface area contributed by atoms with Gasteiger partial charge in [-0.05, 0) is 36.6 Å². The second-order valence-corrected chi connectivity index (χ2v) is 10.4. The summed E-state index contributed by atoms with van der Waals surface area (Å²) in [5.74, 6) is 1.06. The number of hydrogen-bond donors (Lipinski definition) is 1. The predicted molar refractivity (Wildman–Crippen MR) is 108 cm³/mol. The lowest BCUT2D eigenvalue weighted by Gasteiger charge is -2.25. The van der Waals surface area contributed by atoms with Crippen LogP contribution in [0.2, 0.25) is 0 Å². The van der Waals surface area contributed by atoms with E-state index in [1.165, 1.54) is 17.4 Å². The van der Waals surface area contributed by atoms with Gasteiger partial charge in [-0.15, -0.1) is 11.3 Å². The molecule has 0 unspecified atom stereocenters. The van der Waals surface area contributed by atoms with Gasteiger partial charge in [-0.2, -0.15) is 4.31 Å². The molecule has 2 aromatic rings. The maximum atomic E-state index is 12.4. The Morgan fingerprint density at radius 1 is 1.28 bits per heavy atom. The Morgan fingerprint density at radius 2 is 2.10 bits per heavy atom. The maximum Gasteiger partial charge on any atom is 0.250 e. The zero-order valence-corrected chi connectivity index (χ0v) is 17.1. The molecule has 1 aliphatic carbocycles. The molecule has 29 heavy (non-hydrogen) atoms. The van der Waals surface area contributed by atoms with Gasteiger partial charge >= 0.3 is 0 Å². The van der Waals surface area contributed by atoms with Crippen molar-refractivity contribution in [3.63, 3.8) is 0 Å². The van der Waals surface area contributed by atoms with E-state index in [2.05, 4.69) is 10.3 Å². The summed E-state index contributed by atoms with van der Waals surface area (Å²) >= 11 is 1.33. The molecule has 0 bridgehead atoms. The van der Waals surface area contributed by atoms with Gasteiger partial charge in [0.15, 0.2) is 16.6 Å². The number of hydrogen-bond acceptors (Lipinski definition) is 7. The fraction of sp³-hybridized carbons (Fsp3) is 0.368. The quantitative estimate of drug-likeness (QED) is 0.727. The third kappa shape index (κ3) is 3.75. The molecule has 1 aromatic carbocycles. The summed E-state index contributed by atoms with van der Waals surface area (Å²) in [4.78, 5) is 17.6. The number of nitrogens with one attached hydrogen (secondary N) is 1. The number of nitrogens with zero attached hydrogens (tertiary/aromatic N) is 2. The number of carbonyl (C=O) groups is 1. The summed E-state index contributed by atoms with van der Waals surface area (Å²) in [6, 6.07) is 5.45. The minimum Gasteiger partial charge on any atom is -0.454 e. The highest BCUT2D eigenvalue weighted by Crippen LogP contribution is 2.36. The van der Waals surface area contributed by atoms with Crippen LogP contribution in [0.4, 0.5) is 5.13 Å². The van der Waals surface area contributed by atoms with Crippen molar-refractivity contribution in [2.45, 2.75) is 31.1 Å². The van der Waals surface area contributed by atoms with Crippen molar-refractivity contribution in [1.82, 2.24) is 9.29 Å². The lowest BCUT2D eigenvalue weighted by molar-refractivity contribution is -0.111. The Labute approximate surface area is 172 Å². The van der Waals surface area contributed by atoms with Crippen molar-refractivity contribution in [1.29, 1.82) is 0 Å². The Morgan fingerprint density at radius 3 is 2.93 bits per heavy atom. The van der Waals surface area contributed by atoms with Gasteiger partial charge in [0, 0.05) is 30.5 Å². The van der Waals surface area contributed by atoms with Gasteiger partial charge in [0.05, 0.1) is 10.9 Å². The smallest absolute Gasteiger partial charge is 0.250 e. The molecule has 0 atom stereocenters. The topological polar surface area (TPSA) is 97.8 Å². The van der Waals surface area contributed by atoms with Crippen molar-refractivity contribution < 1.29 is 22.7 Å². The number of sulfonamides is 1. The molecule has 152 valence electrons. The van der Waals surface area contributed by atoms with Crippen LogP contribution < -0.4 is 14.8 Å². The molecule has 1 N–H and O–H groups in total. The van der Waals surface area contributed by atoms with Gasteiger partial charge in [-0.3, -0.25) is 10.1 Å². The van der Waals surface area contributed by atoms with Crippen LogP contribution in [0.1, 0.15) is 29.0 Å². The highest BCUT2D eigenvalue weighted by Gasteiger charge is 2.41. The molecule has 0 spiro atoms. The van der Waals surface area contributed by atoms with Crippen LogP contribution in [0.3, 0.4) is 0 Å². The van der Waals surface area contributed by atoms with E-state index in [1.807, 2.05) is 12.1 Å². The molecule has 3 heterocycles. The molecule has 2 aliphatic heterocycles. The lowest BCUT2D eigenvalue weighted by atomic mass is 10.2. The Kier molecular flexibility index (Phi) is 4.56. The lowest BCUT2D eigenvalue weighted by Crippen LogP contribution is -2.37. The summed E-state index contributed by atoms with van der Waals surface area (Å²) in [6.45, 7) is 0.999. The Hall–Kier alpha value is -2.43. The molecular weight excluding hydrogens is 414 g/mol. The van der Waals surface area contributed by atoms with Crippen molar-refractivity contribution in [2.24, 2.45) is 0 Å². The van der Waals surface area contributed by atoms with Gasteiger partial charge < -0.3 is 9.47 Å². The van der Waals surface area contributed by atoms with Gasteiger partial charge in [-0.1, -0.05) is 6.07 Å². The fourth-order valence-corrected chi connectivity index (χ4v) is 6.27. The molecule has 1 amide bonds. The highest BCUT2D eigenvalue weighted by atomic mass is 32.2. The van der Waals surface area contributed by atoms with Crippen LogP contribution in [0.5, 0.6) is 11.5 Å². The largest absolute Gasteiger partial charge is 0.454 e. The van der Waals surface area contributed by atoms with Crippen molar-refractivity contribution in [3.05, 3.63) is 40.4 Å². The first kappa shape index (κ1) is 18.6. The number of rotatable bonds is 5. The van der Waals surface area contributed by atoms with Crippen LogP contribution >= 0.6 is 11.3 Å². The molecule has 1 fully saturated rings. The van der Waals surface area contributed by atoms with Crippen LogP contribution in [-0.4, -0.2) is 42.2 Å². The number of amides is 1. The standard InChI is InChI=1S/C19H19N3O5S2/c23-18(6-2-12-1-5-15-16(9-12)27-11-26-15)21-19-20-14-7-8-22(10-17(14)28-19)29(24,25)13-3-4-13/h1-2,5-6,9,13H,3-4,7-8,10-11H2,(H,20,21,23)/b6-2+. The number of anilines is 1. The van der Waals surface area contributed by atoms with E-state index >= 15 is 0 Å². The second kappa shape index (κ2) is 7.12. The minimum absolute atomic E-state index is 0.205. The van der Waals surface area contributed by atoms with Crippen molar-refractivity contribution in [2.75, 3.05) is 18.7 Å². The molecule has 10 heteroatoms. The van der Waals surface area contributed by atoms with Crippen LogP contribution in [-0.2, 0) is 27.8 Å². The summed E-state index contributed by atoms with van der Waals surface area (Å²) < 4.78 is 37.0. The molecule has 8 nitrogen and oxygen atoms in total. The van der Waals surface area contributed by atoms with Crippen molar-refractivity contribution in [3.8, 4) is 11.5 Å². The molecule has 0 radical (unpaired) electrons. The highest BCUT2D eigenvalue weighted by molar-refractivity contribution is 7.90. The summed E-state index contributed by atoms with van der Waals surface area (Å²) in [7, 11) is -3.19. The van der Waals surface area contributed by atoms with E-state index in [0.29, 0.717) is 36.1 Å². The Bertz CT molecular complexity index is 1110. The van der Waals surface area contributed by atoms with E-state index in [0.717, 1.165) is 29.0 Å². The van der Waals surface area contributed by atoms with Gasteiger partial charge in [-0.25, -0.2) is 13.4 Å². The first-order valence-electron chi connectivity index (χ1n) is 9.35. The molecular formula is C19H19N3O5S2. The zero-order valence-electron chi connectivity index (χ0n) is 15.5. The van der Waals surface area contributed by atoms with Crippen LogP contribution in [0.15, 0.2) is 24.3 Å². The minimum atomic E-state index is -3.19. The molecule has 0 saturated heterocycles. The van der Waals surface area contributed by atoms with E-state index in [1.54, 1.807) is 16.4 Å². The third-order valence-corrected chi connectivity index (χ3v) is 8.40. The van der Waals surface area contributed by atoms with E-state index in [4.69, 9.17) is 9.47 Å². The average Bonchev–Trinajstić information content (AvgIpc) is 3.34. The van der Waals surface area contributed by atoms with Crippen molar-refractivity contribution >= 4 is 38.5 Å². The van der Waals surface area contributed by atoms with Gasteiger partial charge in [0.2, 0.25) is 22.7 Å². The number of benzene rings is 1. The van der Waals surface area contributed by atoms with E-state index in [-0.39, 0.29) is 18.0 Å². The SMILES string of the molecule is O=C(/C=C/c1ccc2c(c1)OCO2)Nc1nc2c(s1)CN(S(=O)(=O)C1CC1)CC2. The molecule has 3 aliphatic rings.